The number of nitrogens with zero attached hydrogens (tertiary/aromatic N) is 3. The highest BCUT2D eigenvalue weighted by Gasteiger charge is 2.25. The summed E-state index contributed by atoms with van der Waals surface area (Å²) in [4.78, 5) is 22.5. The van der Waals surface area contributed by atoms with Gasteiger partial charge < -0.3 is 15.0 Å². The highest BCUT2D eigenvalue weighted by Crippen LogP contribution is 2.30. The number of ether oxygens (including phenoxy) is 1. The molecule has 158 valence electrons. The number of nitrogen functional groups attached to an aromatic ring is 1. The van der Waals surface area contributed by atoms with Gasteiger partial charge in [0.05, 0.1) is 17.6 Å². The minimum Gasteiger partial charge on any atom is -0.462 e. The lowest BCUT2D eigenvalue weighted by Crippen LogP contribution is -2.14. The van der Waals surface area contributed by atoms with E-state index in [4.69, 9.17) is 20.4 Å². The predicted octanol–water partition coefficient (Wildman–Crippen LogP) is 5.26. The van der Waals surface area contributed by atoms with Gasteiger partial charge in [0.2, 0.25) is 0 Å². The third kappa shape index (κ3) is 4.04. The van der Waals surface area contributed by atoms with Crippen molar-refractivity contribution in [3.63, 3.8) is 0 Å². The van der Waals surface area contributed by atoms with Crippen molar-refractivity contribution >= 4 is 34.0 Å². The average Bonchev–Trinajstić information content (AvgIpc) is 3.05. The Hall–Kier alpha value is -2.89. The van der Waals surface area contributed by atoms with E-state index in [1.165, 1.54) is 18.4 Å². The maximum atomic E-state index is 13.0. The summed E-state index contributed by atoms with van der Waals surface area (Å²) in [5.41, 5.74) is 11.0. The van der Waals surface area contributed by atoms with Crippen LogP contribution in [0.3, 0.4) is 0 Å². The van der Waals surface area contributed by atoms with E-state index < -0.39 is 5.97 Å². The van der Waals surface area contributed by atoms with Crippen LogP contribution in [0.5, 0.6) is 0 Å². The molecule has 1 aromatic carbocycles. The summed E-state index contributed by atoms with van der Waals surface area (Å²) in [5.74, 6) is 0.276. The molecule has 3 aromatic rings. The van der Waals surface area contributed by atoms with Gasteiger partial charge in [-0.15, -0.1) is 0 Å². The summed E-state index contributed by atoms with van der Waals surface area (Å²) in [7, 11) is 0. The first-order valence-electron chi connectivity index (χ1n) is 11.0. The molecular weight excluding hydrogens is 376 g/mol. The molecule has 2 heterocycles. The molecule has 6 heteroatoms. The van der Waals surface area contributed by atoms with Crippen LogP contribution in [0.25, 0.3) is 22.2 Å². The molecule has 1 aliphatic carbocycles. The van der Waals surface area contributed by atoms with E-state index in [-0.39, 0.29) is 0 Å². The monoisotopic (exact) mass is 406 g/mol. The highest BCUT2D eigenvalue weighted by molar-refractivity contribution is 6.08. The number of anilines is 1. The first-order chi connectivity index (χ1) is 14.6. The summed E-state index contributed by atoms with van der Waals surface area (Å²) in [5, 5.41) is 0. The fourth-order valence-electron chi connectivity index (χ4n) is 3.94. The largest absolute Gasteiger partial charge is 0.462 e. The zero-order valence-electron chi connectivity index (χ0n) is 17.9. The van der Waals surface area contributed by atoms with Crippen LogP contribution in [0, 0.1) is 5.92 Å². The number of fused-ring (bicyclic) bond motifs is 2. The molecule has 1 unspecified atom stereocenters. The summed E-state index contributed by atoms with van der Waals surface area (Å²) in [6, 6.07) is 7.68. The summed E-state index contributed by atoms with van der Waals surface area (Å²) < 4.78 is 7.51. The Morgan fingerprint density at radius 1 is 1.23 bits per heavy atom. The first-order valence-corrected chi connectivity index (χ1v) is 11.0. The molecule has 2 N–H and O–H groups in total. The van der Waals surface area contributed by atoms with Crippen molar-refractivity contribution in [2.75, 3.05) is 12.3 Å². The smallest absolute Gasteiger partial charge is 0.344 e. The van der Waals surface area contributed by atoms with E-state index in [2.05, 4.69) is 19.9 Å². The maximum Gasteiger partial charge on any atom is 0.344 e. The fourth-order valence-corrected chi connectivity index (χ4v) is 3.94. The number of carbonyl (C=O) groups is 1. The molecule has 0 spiro atoms. The number of hydrogen-bond donors (Lipinski definition) is 1. The summed E-state index contributed by atoms with van der Waals surface area (Å²) in [6.45, 7) is 5.19. The third-order valence-corrected chi connectivity index (χ3v) is 6.03. The Bertz CT molecular complexity index is 1100. The van der Waals surface area contributed by atoms with Gasteiger partial charge in [0.1, 0.15) is 16.9 Å². The van der Waals surface area contributed by atoms with Crippen LogP contribution in [-0.2, 0) is 11.3 Å². The second kappa shape index (κ2) is 8.86. The molecule has 0 fully saturated rings. The van der Waals surface area contributed by atoms with Crippen LogP contribution in [0.4, 0.5) is 5.82 Å². The number of allylic oxidation sites excluding steroid dienone is 2. The second-order valence-electron chi connectivity index (χ2n) is 8.27. The molecular formula is C24H30N4O2. The van der Waals surface area contributed by atoms with Gasteiger partial charge >= 0.3 is 5.97 Å². The van der Waals surface area contributed by atoms with Gasteiger partial charge in [-0.3, -0.25) is 0 Å². The van der Waals surface area contributed by atoms with Crippen LogP contribution >= 0.6 is 0 Å². The quantitative estimate of drug-likeness (QED) is 0.427. The minimum absolute atomic E-state index is 0.300. The number of rotatable bonds is 7. The number of aryl methyl sites for hydroxylation is 1. The predicted molar refractivity (Wildman–Crippen MR) is 120 cm³/mol. The standard InChI is InChI=1S/C24H30N4O2/c1-3-16(2)15-30-24(29)20-21-23(27-19-12-8-7-11-18(19)26-21)28(22(20)25)14-13-17-9-5-4-6-10-17/h7-9,11-12,16H,3-6,10,13-15,25H2,1-2H3. The Kier molecular flexibility index (Phi) is 6.02. The molecule has 0 radical (unpaired) electrons. The molecule has 1 atom stereocenters. The Morgan fingerprint density at radius 2 is 2.00 bits per heavy atom. The van der Waals surface area contributed by atoms with Gasteiger partial charge in [0, 0.05) is 6.54 Å². The molecule has 1 aliphatic rings. The Balaban J connectivity index is 1.75. The molecule has 0 aliphatic heterocycles. The van der Waals surface area contributed by atoms with Crippen LogP contribution < -0.4 is 5.73 Å². The average molecular weight is 407 g/mol. The molecule has 0 saturated heterocycles. The van der Waals surface area contributed by atoms with Gasteiger partial charge in [0.15, 0.2) is 5.65 Å². The van der Waals surface area contributed by atoms with E-state index in [0.29, 0.717) is 41.6 Å². The lowest BCUT2D eigenvalue weighted by atomic mass is 9.97. The van der Waals surface area contributed by atoms with Crippen LogP contribution in [0.15, 0.2) is 35.9 Å². The first kappa shape index (κ1) is 20.4. The topological polar surface area (TPSA) is 83.0 Å². The summed E-state index contributed by atoms with van der Waals surface area (Å²) in [6.07, 6.45) is 8.99. The molecule has 0 bridgehead atoms. The van der Waals surface area contributed by atoms with Gasteiger partial charge in [-0.1, -0.05) is 44.1 Å². The zero-order chi connectivity index (χ0) is 21.1. The van der Waals surface area contributed by atoms with E-state index in [1.807, 2.05) is 28.8 Å². The van der Waals surface area contributed by atoms with E-state index in [0.717, 1.165) is 36.7 Å². The second-order valence-corrected chi connectivity index (χ2v) is 8.27. The van der Waals surface area contributed by atoms with Crippen molar-refractivity contribution in [3.05, 3.63) is 41.5 Å². The number of carbonyl (C=O) groups excluding carboxylic acids is 1. The highest BCUT2D eigenvalue weighted by atomic mass is 16.5. The Morgan fingerprint density at radius 3 is 2.70 bits per heavy atom. The Labute approximate surface area is 177 Å². The molecule has 6 nitrogen and oxygen atoms in total. The zero-order valence-corrected chi connectivity index (χ0v) is 17.9. The van der Waals surface area contributed by atoms with Gasteiger partial charge in [-0.05, 0) is 50.2 Å². The SMILES string of the molecule is CCC(C)COC(=O)c1c(N)n(CCC2=CCCCC2)c2nc3ccccc3nc12. The number of aromatic nitrogens is 3. The number of benzene rings is 1. The minimum atomic E-state index is -0.419. The van der Waals surface area contributed by atoms with Gasteiger partial charge in [0.25, 0.3) is 0 Å². The van der Waals surface area contributed by atoms with E-state index >= 15 is 0 Å². The van der Waals surface area contributed by atoms with Crippen molar-refractivity contribution in [2.45, 2.75) is 58.9 Å². The van der Waals surface area contributed by atoms with Crippen molar-refractivity contribution in [3.8, 4) is 0 Å². The number of para-hydroxylation sites is 2. The van der Waals surface area contributed by atoms with Crippen LogP contribution in [-0.4, -0.2) is 27.1 Å². The number of nitrogens with two attached hydrogens (primary N) is 1. The van der Waals surface area contributed by atoms with Crippen molar-refractivity contribution in [1.29, 1.82) is 0 Å². The van der Waals surface area contributed by atoms with Crippen LogP contribution in [0.1, 0.15) is 62.7 Å². The van der Waals surface area contributed by atoms with E-state index in [9.17, 15) is 4.79 Å². The number of hydrogen-bond acceptors (Lipinski definition) is 5. The lowest BCUT2D eigenvalue weighted by Gasteiger charge is -2.14. The fraction of sp³-hybridized carbons (Fsp3) is 0.458. The normalized spacial score (nSPS) is 15.3. The van der Waals surface area contributed by atoms with Crippen molar-refractivity contribution in [1.82, 2.24) is 14.5 Å². The molecule has 4 rings (SSSR count). The van der Waals surface area contributed by atoms with Crippen molar-refractivity contribution < 1.29 is 9.53 Å². The van der Waals surface area contributed by atoms with Crippen molar-refractivity contribution in [2.24, 2.45) is 5.92 Å². The number of esters is 1. The van der Waals surface area contributed by atoms with Gasteiger partial charge in [-0.25, -0.2) is 14.8 Å². The molecule has 0 amide bonds. The molecule has 2 aromatic heterocycles. The lowest BCUT2D eigenvalue weighted by molar-refractivity contribution is 0.0450. The maximum absolute atomic E-state index is 13.0. The van der Waals surface area contributed by atoms with E-state index in [1.54, 1.807) is 0 Å². The molecule has 0 saturated carbocycles. The molecule has 30 heavy (non-hydrogen) atoms. The summed E-state index contributed by atoms with van der Waals surface area (Å²) >= 11 is 0. The third-order valence-electron chi connectivity index (χ3n) is 6.03. The van der Waals surface area contributed by atoms with Gasteiger partial charge in [-0.2, -0.15) is 0 Å². The van der Waals surface area contributed by atoms with Crippen LogP contribution in [0.2, 0.25) is 0 Å².